The standard InChI is InChI=1S/C28H28N2O4S/c1-18-5-8-22(9-6-18)16-29-27(31)24-13-10-23(11-14-24)17-30-28(32)21(4)26(35(30,33)34)25-12-7-19(2)20(3)15-25/h5-15H,16-17H2,1-4H3,(H,29,31). The molecule has 0 spiro atoms. The molecule has 0 saturated carbocycles. The Morgan fingerprint density at radius 3 is 2.09 bits per heavy atom. The average Bonchev–Trinajstić information content (AvgIpc) is 3.00. The molecular weight excluding hydrogens is 460 g/mol. The molecule has 4 rings (SSSR count). The molecule has 0 radical (unpaired) electrons. The summed E-state index contributed by atoms with van der Waals surface area (Å²) in [4.78, 5) is 25.5. The van der Waals surface area contributed by atoms with Gasteiger partial charge in [0, 0.05) is 17.7 Å². The Balaban J connectivity index is 1.47. The minimum atomic E-state index is -3.99. The number of nitrogens with one attached hydrogen (secondary N) is 1. The maximum Gasteiger partial charge on any atom is 0.268 e. The molecule has 0 fully saturated rings. The van der Waals surface area contributed by atoms with Gasteiger partial charge in [-0.15, -0.1) is 0 Å². The van der Waals surface area contributed by atoms with Gasteiger partial charge in [-0.1, -0.05) is 60.2 Å². The average molecular weight is 489 g/mol. The summed E-state index contributed by atoms with van der Waals surface area (Å²) in [5, 5.41) is 2.88. The largest absolute Gasteiger partial charge is 0.348 e. The first-order valence-corrected chi connectivity index (χ1v) is 12.8. The van der Waals surface area contributed by atoms with E-state index in [4.69, 9.17) is 0 Å². The van der Waals surface area contributed by atoms with Crippen molar-refractivity contribution in [3.63, 3.8) is 0 Å². The van der Waals surface area contributed by atoms with E-state index in [-0.39, 0.29) is 22.9 Å². The van der Waals surface area contributed by atoms with Gasteiger partial charge in [0.25, 0.3) is 21.8 Å². The highest BCUT2D eigenvalue weighted by Crippen LogP contribution is 2.37. The number of rotatable bonds is 6. The van der Waals surface area contributed by atoms with Gasteiger partial charge in [0.15, 0.2) is 0 Å². The van der Waals surface area contributed by atoms with Gasteiger partial charge in [-0.3, -0.25) is 9.59 Å². The molecule has 0 atom stereocenters. The molecule has 3 aromatic rings. The second-order valence-corrected chi connectivity index (χ2v) is 10.7. The Morgan fingerprint density at radius 1 is 0.829 bits per heavy atom. The normalized spacial score (nSPS) is 15.0. The lowest BCUT2D eigenvalue weighted by Gasteiger charge is -2.17. The van der Waals surface area contributed by atoms with E-state index in [1.807, 2.05) is 51.1 Å². The zero-order valence-corrected chi connectivity index (χ0v) is 21.1. The molecule has 2 amide bonds. The van der Waals surface area contributed by atoms with E-state index in [2.05, 4.69) is 5.32 Å². The highest BCUT2D eigenvalue weighted by molar-refractivity contribution is 7.99. The van der Waals surface area contributed by atoms with Crippen molar-refractivity contribution in [1.82, 2.24) is 9.62 Å². The van der Waals surface area contributed by atoms with Gasteiger partial charge in [0.1, 0.15) is 4.91 Å². The van der Waals surface area contributed by atoms with Crippen LogP contribution in [0, 0.1) is 20.8 Å². The van der Waals surface area contributed by atoms with Crippen molar-refractivity contribution < 1.29 is 18.0 Å². The molecule has 1 aliphatic rings. The van der Waals surface area contributed by atoms with Gasteiger partial charge in [-0.2, -0.15) is 0 Å². The van der Waals surface area contributed by atoms with Gasteiger partial charge in [-0.05, 0) is 67.6 Å². The second kappa shape index (κ2) is 9.50. The number of amides is 2. The predicted octanol–water partition coefficient (Wildman–Crippen LogP) is 4.65. The summed E-state index contributed by atoms with van der Waals surface area (Å²) in [6.45, 7) is 7.73. The van der Waals surface area contributed by atoms with Crippen molar-refractivity contribution in [1.29, 1.82) is 0 Å². The summed E-state index contributed by atoms with van der Waals surface area (Å²) >= 11 is 0. The minimum Gasteiger partial charge on any atom is -0.348 e. The Kier molecular flexibility index (Phi) is 6.63. The fraction of sp³-hybridized carbons (Fsp3) is 0.214. The van der Waals surface area contributed by atoms with Crippen LogP contribution in [-0.2, 0) is 27.9 Å². The highest BCUT2D eigenvalue weighted by Gasteiger charge is 2.42. The fourth-order valence-electron chi connectivity index (χ4n) is 4.02. The van der Waals surface area contributed by atoms with Crippen LogP contribution in [0.2, 0.25) is 0 Å². The summed E-state index contributed by atoms with van der Waals surface area (Å²) in [5.41, 5.74) is 5.96. The third-order valence-electron chi connectivity index (χ3n) is 6.32. The maximum absolute atomic E-state index is 13.3. The molecule has 7 heteroatoms. The predicted molar refractivity (Wildman–Crippen MR) is 137 cm³/mol. The number of hydrogen-bond donors (Lipinski definition) is 1. The van der Waals surface area contributed by atoms with Crippen LogP contribution < -0.4 is 5.32 Å². The molecule has 6 nitrogen and oxygen atoms in total. The molecule has 3 aromatic carbocycles. The number of nitrogens with zero attached hydrogens (tertiary/aromatic N) is 1. The first-order chi connectivity index (χ1) is 16.6. The molecule has 0 aromatic heterocycles. The molecule has 35 heavy (non-hydrogen) atoms. The van der Waals surface area contributed by atoms with Crippen LogP contribution in [0.5, 0.6) is 0 Å². The van der Waals surface area contributed by atoms with E-state index in [1.54, 1.807) is 43.3 Å². The summed E-state index contributed by atoms with van der Waals surface area (Å²) < 4.78 is 27.5. The molecule has 0 saturated heterocycles. The number of hydrogen-bond acceptors (Lipinski definition) is 4. The van der Waals surface area contributed by atoms with E-state index in [9.17, 15) is 18.0 Å². The lowest BCUT2D eigenvalue weighted by atomic mass is 10.0. The lowest BCUT2D eigenvalue weighted by molar-refractivity contribution is -0.122. The van der Waals surface area contributed by atoms with Crippen molar-refractivity contribution in [3.05, 3.63) is 111 Å². The van der Waals surface area contributed by atoms with Crippen LogP contribution >= 0.6 is 0 Å². The lowest BCUT2D eigenvalue weighted by Crippen LogP contribution is -2.31. The highest BCUT2D eigenvalue weighted by atomic mass is 32.2. The zero-order chi connectivity index (χ0) is 25.3. The van der Waals surface area contributed by atoms with E-state index < -0.39 is 15.9 Å². The van der Waals surface area contributed by atoms with E-state index in [0.29, 0.717) is 23.2 Å². The van der Waals surface area contributed by atoms with E-state index in [0.717, 1.165) is 26.6 Å². The number of carbonyl (C=O) groups excluding carboxylic acids is 2. The fourth-order valence-corrected chi connectivity index (χ4v) is 5.81. The maximum atomic E-state index is 13.3. The van der Waals surface area contributed by atoms with Gasteiger partial charge in [-0.25, -0.2) is 12.7 Å². The Labute approximate surface area is 206 Å². The van der Waals surface area contributed by atoms with Crippen LogP contribution in [0.15, 0.2) is 72.3 Å². The Morgan fingerprint density at radius 2 is 1.46 bits per heavy atom. The number of carbonyl (C=O) groups is 2. The summed E-state index contributed by atoms with van der Waals surface area (Å²) in [5.74, 6) is -0.755. The number of sulfonamides is 1. The first kappa shape index (κ1) is 24.4. The third-order valence-corrected chi connectivity index (χ3v) is 8.25. The second-order valence-electron chi connectivity index (χ2n) is 8.94. The van der Waals surface area contributed by atoms with Gasteiger partial charge in [0.05, 0.1) is 6.54 Å². The molecule has 1 N–H and O–H groups in total. The van der Waals surface area contributed by atoms with Crippen molar-refractivity contribution in [2.45, 2.75) is 40.8 Å². The van der Waals surface area contributed by atoms with Gasteiger partial charge in [0.2, 0.25) is 0 Å². The summed E-state index contributed by atoms with van der Waals surface area (Å²) in [6, 6.07) is 19.9. The van der Waals surface area contributed by atoms with E-state index in [1.165, 1.54) is 0 Å². The molecule has 1 aliphatic heterocycles. The Bertz CT molecular complexity index is 1440. The topological polar surface area (TPSA) is 83.6 Å². The third kappa shape index (κ3) is 4.91. The SMILES string of the molecule is CC1=C(c2ccc(C)c(C)c2)S(=O)(=O)N(Cc2ccc(C(=O)NCc3ccc(C)cc3)cc2)C1=O. The van der Waals surface area contributed by atoms with Crippen molar-refractivity contribution in [3.8, 4) is 0 Å². The molecule has 0 bridgehead atoms. The number of aryl methyl sites for hydroxylation is 3. The smallest absolute Gasteiger partial charge is 0.268 e. The molecule has 0 aliphatic carbocycles. The van der Waals surface area contributed by atoms with Crippen LogP contribution in [0.1, 0.15) is 50.7 Å². The van der Waals surface area contributed by atoms with Crippen LogP contribution in [0.25, 0.3) is 4.91 Å². The monoisotopic (exact) mass is 488 g/mol. The van der Waals surface area contributed by atoms with Crippen molar-refractivity contribution >= 4 is 26.7 Å². The van der Waals surface area contributed by atoms with Crippen molar-refractivity contribution in [2.24, 2.45) is 0 Å². The summed E-state index contributed by atoms with van der Waals surface area (Å²) in [7, 11) is -3.99. The minimum absolute atomic E-state index is 0.0534. The first-order valence-electron chi connectivity index (χ1n) is 11.4. The van der Waals surface area contributed by atoms with Gasteiger partial charge >= 0.3 is 0 Å². The van der Waals surface area contributed by atoms with Crippen molar-refractivity contribution in [2.75, 3.05) is 0 Å². The van der Waals surface area contributed by atoms with E-state index >= 15 is 0 Å². The zero-order valence-electron chi connectivity index (χ0n) is 20.3. The quantitative estimate of drug-likeness (QED) is 0.548. The van der Waals surface area contributed by atoms with Crippen LogP contribution in [0.3, 0.4) is 0 Å². The molecule has 0 unspecified atom stereocenters. The van der Waals surface area contributed by atoms with Crippen LogP contribution in [0.4, 0.5) is 0 Å². The van der Waals surface area contributed by atoms with Gasteiger partial charge < -0.3 is 5.32 Å². The van der Waals surface area contributed by atoms with Crippen LogP contribution in [-0.4, -0.2) is 24.5 Å². The molecule has 180 valence electrons. The molecule has 1 heterocycles. The summed E-state index contributed by atoms with van der Waals surface area (Å²) in [6.07, 6.45) is 0. The Hall–Kier alpha value is -3.71. The number of benzene rings is 3. The molecular formula is C28H28N2O4S.